The Bertz CT molecular complexity index is 1820. The number of halogens is 1. The first-order valence-electron chi connectivity index (χ1n) is 17.0. The number of amides is 1. The maximum absolute atomic E-state index is 14.3. The number of benzene rings is 3. The number of carbonyl (C=O) groups excluding carboxylic acids is 3. The first-order chi connectivity index (χ1) is 23.2. The summed E-state index contributed by atoms with van der Waals surface area (Å²) in [5.74, 6) is 0.130. The van der Waals surface area contributed by atoms with Gasteiger partial charge in [-0.05, 0) is 94.4 Å². The van der Waals surface area contributed by atoms with Gasteiger partial charge < -0.3 is 19.7 Å². The molecule has 0 atom stereocenters. The number of allylic oxidation sites excluding steroid dienone is 4. The molecule has 0 unspecified atom stereocenters. The molecule has 8 heteroatoms. The van der Waals surface area contributed by atoms with E-state index in [4.69, 9.17) is 9.47 Å². The summed E-state index contributed by atoms with van der Waals surface area (Å²) in [6, 6.07) is 21.6. The number of carbonyl (C=O) groups is 3. The minimum Gasteiger partial charge on any atom is -0.490 e. The lowest BCUT2D eigenvalue weighted by Crippen LogP contribution is -2.44. The van der Waals surface area contributed by atoms with Crippen molar-refractivity contribution in [1.29, 1.82) is 0 Å². The monoisotopic (exact) mass is 724 g/mol. The van der Waals surface area contributed by atoms with Gasteiger partial charge in [-0.15, -0.1) is 0 Å². The number of anilines is 1. The third-order valence-corrected chi connectivity index (χ3v) is 10.1. The number of ether oxygens (including phenoxy) is 2. The van der Waals surface area contributed by atoms with E-state index in [1.54, 1.807) is 0 Å². The molecule has 0 spiro atoms. The Labute approximate surface area is 297 Å². The summed E-state index contributed by atoms with van der Waals surface area (Å²) in [6.45, 7) is 13.2. The van der Waals surface area contributed by atoms with Gasteiger partial charge in [0, 0.05) is 53.5 Å². The van der Waals surface area contributed by atoms with Crippen molar-refractivity contribution in [2.75, 3.05) is 18.5 Å². The highest BCUT2D eigenvalue weighted by Gasteiger charge is 2.49. The number of Topliss-reactive ketones (excluding diaryl/α,β-unsaturated/α-hetero) is 2. The number of hydrogen-bond acceptors (Lipinski definition) is 6. The Hall–Kier alpha value is -4.17. The predicted molar refractivity (Wildman–Crippen MR) is 195 cm³/mol. The van der Waals surface area contributed by atoms with Crippen LogP contribution in [0.2, 0.25) is 0 Å². The smallest absolute Gasteiger partial charge is 0.262 e. The average molecular weight is 726 g/mol. The molecule has 3 aromatic rings. The third kappa shape index (κ3) is 7.40. The quantitative estimate of drug-likeness (QED) is 0.237. The van der Waals surface area contributed by atoms with Crippen molar-refractivity contribution in [2.24, 2.45) is 10.8 Å². The number of nitrogens with one attached hydrogen (secondary N) is 1. The Morgan fingerprint density at radius 1 is 0.857 bits per heavy atom. The van der Waals surface area contributed by atoms with Crippen LogP contribution in [-0.4, -0.2) is 35.6 Å². The molecule has 1 amide bonds. The molecule has 1 aliphatic heterocycles. The van der Waals surface area contributed by atoms with Crippen LogP contribution in [0.4, 0.5) is 5.69 Å². The van der Waals surface area contributed by atoms with E-state index < -0.39 is 5.92 Å². The Morgan fingerprint density at radius 3 is 2.08 bits per heavy atom. The van der Waals surface area contributed by atoms with Gasteiger partial charge in [0.25, 0.3) is 5.91 Å². The molecule has 256 valence electrons. The molecule has 0 fully saturated rings. The van der Waals surface area contributed by atoms with Crippen LogP contribution in [0.25, 0.3) is 0 Å². The second-order valence-electron chi connectivity index (χ2n) is 15.1. The van der Waals surface area contributed by atoms with Gasteiger partial charge >= 0.3 is 0 Å². The van der Waals surface area contributed by atoms with E-state index >= 15 is 0 Å². The highest BCUT2D eigenvalue weighted by molar-refractivity contribution is 9.10. The largest absolute Gasteiger partial charge is 0.490 e. The molecule has 3 aliphatic rings. The van der Waals surface area contributed by atoms with Crippen molar-refractivity contribution in [3.8, 4) is 11.5 Å². The molecule has 0 saturated carbocycles. The van der Waals surface area contributed by atoms with Crippen molar-refractivity contribution < 1.29 is 23.9 Å². The molecule has 2 aliphatic carbocycles. The number of aryl methyl sites for hydroxylation is 1. The summed E-state index contributed by atoms with van der Waals surface area (Å²) in [7, 11) is 0. The Balaban J connectivity index is 1.44. The molecule has 0 aromatic heterocycles. The minimum absolute atomic E-state index is 0.0701. The van der Waals surface area contributed by atoms with Gasteiger partial charge in [0.1, 0.15) is 0 Å². The van der Waals surface area contributed by atoms with Crippen LogP contribution in [0, 0.1) is 17.8 Å². The third-order valence-electron chi connectivity index (χ3n) is 9.52. The zero-order chi connectivity index (χ0) is 35.1. The molecule has 49 heavy (non-hydrogen) atoms. The Kier molecular flexibility index (Phi) is 9.64. The van der Waals surface area contributed by atoms with Crippen LogP contribution >= 0.6 is 15.9 Å². The topological polar surface area (TPSA) is 84.9 Å². The lowest BCUT2D eigenvalue weighted by atomic mass is 9.63. The summed E-state index contributed by atoms with van der Waals surface area (Å²) < 4.78 is 12.8. The number of rotatable bonds is 9. The first kappa shape index (κ1) is 34.7. The maximum Gasteiger partial charge on any atom is 0.262 e. The van der Waals surface area contributed by atoms with E-state index in [-0.39, 0.29) is 34.9 Å². The van der Waals surface area contributed by atoms with E-state index in [1.807, 2.05) is 68.4 Å². The molecule has 6 rings (SSSR count). The van der Waals surface area contributed by atoms with Crippen molar-refractivity contribution in [1.82, 2.24) is 4.90 Å². The van der Waals surface area contributed by atoms with Gasteiger partial charge in [-0.2, -0.15) is 0 Å². The summed E-state index contributed by atoms with van der Waals surface area (Å²) >= 11 is 3.71. The minimum atomic E-state index is -0.543. The zero-order valence-electron chi connectivity index (χ0n) is 29.2. The van der Waals surface area contributed by atoms with Gasteiger partial charge in [-0.3, -0.25) is 14.4 Å². The van der Waals surface area contributed by atoms with Crippen LogP contribution in [0.1, 0.15) is 82.9 Å². The SMILES string of the molecule is CCOc1cc(C2C3=C(CC(C)(C)CC3=O)N(Cc3ccccc3)C3=C2C(=O)CC(C)(C)C3)cc(Br)c1OCC(=O)Nc1cccc(C)c1. The number of ketones is 2. The second-order valence-corrected chi connectivity index (χ2v) is 15.9. The van der Waals surface area contributed by atoms with Gasteiger partial charge in [-0.25, -0.2) is 0 Å². The summed E-state index contributed by atoms with van der Waals surface area (Å²) in [5, 5.41) is 2.88. The van der Waals surface area contributed by atoms with Gasteiger partial charge in [0.15, 0.2) is 29.7 Å². The first-order valence-corrected chi connectivity index (χ1v) is 17.8. The summed E-state index contributed by atoms with van der Waals surface area (Å²) in [4.78, 5) is 43.8. The second kappa shape index (κ2) is 13.6. The highest BCUT2D eigenvalue weighted by Crippen LogP contribution is 2.55. The molecule has 3 aromatic carbocycles. The summed E-state index contributed by atoms with van der Waals surface area (Å²) in [5.41, 5.74) is 6.59. The van der Waals surface area contributed by atoms with Gasteiger partial charge in [0.2, 0.25) is 0 Å². The van der Waals surface area contributed by atoms with Crippen LogP contribution < -0.4 is 14.8 Å². The average Bonchev–Trinajstić information content (AvgIpc) is 3.01. The summed E-state index contributed by atoms with van der Waals surface area (Å²) in [6.07, 6.45) is 2.25. The van der Waals surface area contributed by atoms with Crippen molar-refractivity contribution in [3.05, 3.63) is 110 Å². The van der Waals surface area contributed by atoms with Crippen molar-refractivity contribution in [2.45, 2.75) is 79.7 Å². The molecular weight excluding hydrogens is 680 g/mol. The van der Waals surface area contributed by atoms with Crippen LogP contribution in [-0.2, 0) is 20.9 Å². The lowest BCUT2D eigenvalue weighted by molar-refractivity contribution is -0.120. The van der Waals surface area contributed by atoms with E-state index in [9.17, 15) is 14.4 Å². The van der Waals surface area contributed by atoms with E-state index in [2.05, 4.69) is 66.0 Å². The molecular formula is C41H45BrN2O5. The maximum atomic E-state index is 14.3. The van der Waals surface area contributed by atoms with Gasteiger partial charge in [0.05, 0.1) is 11.1 Å². The Morgan fingerprint density at radius 2 is 1.49 bits per heavy atom. The van der Waals surface area contributed by atoms with Crippen molar-refractivity contribution >= 4 is 39.1 Å². The predicted octanol–water partition coefficient (Wildman–Crippen LogP) is 9.06. The molecule has 0 saturated heterocycles. The molecule has 7 nitrogen and oxygen atoms in total. The van der Waals surface area contributed by atoms with Crippen LogP contribution in [0.3, 0.4) is 0 Å². The zero-order valence-corrected chi connectivity index (χ0v) is 30.8. The normalized spacial score (nSPS) is 18.6. The fraction of sp³-hybridized carbons (Fsp3) is 0.390. The fourth-order valence-corrected chi connectivity index (χ4v) is 8.13. The molecule has 1 N–H and O–H groups in total. The molecule has 0 bridgehead atoms. The van der Waals surface area contributed by atoms with E-state index in [1.165, 1.54) is 0 Å². The molecule has 1 heterocycles. The van der Waals surface area contributed by atoms with Crippen molar-refractivity contribution in [3.63, 3.8) is 0 Å². The number of nitrogens with zero attached hydrogens (tertiary/aromatic N) is 1. The van der Waals surface area contributed by atoms with E-state index in [0.29, 0.717) is 58.8 Å². The van der Waals surface area contributed by atoms with E-state index in [0.717, 1.165) is 40.9 Å². The van der Waals surface area contributed by atoms with Gasteiger partial charge in [-0.1, -0.05) is 70.2 Å². The fourth-order valence-electron chi connectivity index (χ4n) is 7.55. The molecule has 0 radical (unpaired) electrons. The van der Waals surface area contributed by atoms with Crippen LogP contribution in [0.5, 0.6) is 11.5 Å². The highest BCUT2D eigenvalue weighted by atomic mass is 79.9. The lowest BCUT2D eigenvalue weighted by Gasteiger charge is -2.49. The van der Waals surface area contributed by atoms with Crippen LogP contribution in [0.15, 0.2) is 93.7 Å². The number of hydrogen-bond donors (Lipinski definition) is 1. The standard InChI is InChI=1S/C41H45BrN2O5/c1-7-48-34-18-27(17-29(42)39(34)49-24-35(47)43-28-15-11-12-25(2)16-28)36-37-30(19-40(3,4)21-32(37)45)44(23-26-13-9-8-10-14-26)31-20-41(5,6)22-33(46)38(31)36/h8-18,36H,7,19-24H2,1-6H3,(H,43,47).